The average molecular weight is 134 g/mol. The van der Waals surface area contributed by atoms with Gasteiger partial charge in [0.15, 0.2) is 0 Å². The molecule has 0 aromatic carbocycles. The van der Waals surface area contributed by atoms with E-state index in [1.165, 1.54) is 11.3 Å². The summed E-state index contributed by atoms with van der Waals surface area (Å²) < 4.78 is 1.71. The molecule has 1 aliphatic carbocycles. The van der Waals surface area contributed by atoms with Crippen LogP contribution in [0, 0.1) is 0 Å². The van der Waals surface area contributed by atoms with Gasteiger partial charge in [0.25, 0.3) is 0 Å². The summed E-state index contributed by atoms with van der Waals surface area (Å²) in [6.07, 6.45) is 8.41. The monoisotopic (exact) mass is 134 g/mol. The molecule has 2 rings (SSSR count). The maximum atomic E-state index is 5.64. The van der Waals surface area contributed by atoms with Gasteiger partial charge in [-0.05, 0) is 24.5 Å². The van der Waals surface area contributed by atoms with Crippen molar-refractivity contribution >= 4 is 6.08 Å². The van der Waals surface area contributed by atoms with Crippen LogP contribution in [0.4, 0.5) is 0 Å². The maximum absolute atomic E-state index is 5.64. The van der Waals surface area contributed by atoms with Gasteiger partial charge in [0.05, 0.1) is 0 Å². The predicted molar refractivity (Wildman–Crippen MR) is 41.9 cm³/mol. The van der Waals surface area contributed by atoms with E-state index in [9.17, 15) is 0 Å². The molecule has 1 aromatic heterocycles. The molecule has 0 amide bonds. The van der Waals surface area contributed by atoms with Crippen LogP contribution >= 0.6 is 0 Å². The molecule has 52 valence electrons. The number of nitrogens with two attached hydrogens (primary N) is 1. The number of allylic oxidation sites excluding steroid dienone is 1. The molecular weight excluding hydrogens is 124 g/mol. The van der Waals surface area contributed by atoms with Crippen molar-refractivity contribution < 1.29 is 0 Å². The Hall–Kier alpha value is -1.18. The van der Waals surface area contributed by atoms with Crippen molar-refractivity contribution in [3.63, 3.8) is 0 Å². The van der Waals surface area contributed by atoms with Gasteiger partial charge in [-0.3, -0.25) is 4.68 Å². The highest BCUT2D eigenvalue weighted by Gasteiger charge is 2.06. The molecule has 1 aliphatic rings. The van der Waals surface area contributed by atoms with Crippen LogP contribution < -0.4 is 5.84 Å². The third-order valence-electron chi connectivity index (χ3n) is 1.90. The standard InChI is InChI=1S/C8H10N2/c9-10-6-5-7-3-1-2-4-8(7)10/h1,3,5-6H,2,4,9H2. The lowest BCUT2D eigenvalue weighted by Gasteiger charge is -2.06. The number of hydrogen-bond donors (Lipinski definition) is 1. The summed E-state index contributed by atoms with van der Waals surface area (Å²) in [6.45, 7) is 0. The number of fused-ring (bicyclic) bond motifs is 1. The van der Waals surface area contributed by atoms with Gasteiger partial charge in [-0.1, -0.05) is 12.2 Å². The van der Waals surface area contributed by atoms with Crippen molar-refractivity contribution in [3.05, 3.63) is 29.6 Å². The molecule has 10 heavy (non-hydrogen) atoms. The van der Waals surface area contributed by atoms with Gasteiger partial charge < -0.3 is 5.84 Å². The normalized spacial score (nSPS) is 15.2. The Morgan fingerprint density at radius 1 is 1.50 bits per heavy atom. The van der Waals surface area contributed by atoms with E-state index in [4.69, 9.17) is 5.84 Å². The fourth-order valence-electron chi connectivity index (χ4n) is 1.35. The Labute approximate surface area is 59.9 Å². The first-order valence-corrected chi connectivity index (χ1v) is 3.50. The highest BCUT2D eigenvalue weighted by Crippen LogP contribution is 2.17. The molecular formula is C8H10N2. The summed E-state index contributed by atoms with van der Waals surface area (Å²) in [5.41, 5.74) is 2.52. The predicted octanol–water partition coefficient (Wildman–Crippen LogP) is 1.16. The third-order valence-corrected chi connectivity index (χ3v) is 1.90. The zero-order valence-corrected chi connectivity index (χ0v) is 5.75. The molecule has 0 atom stereocenters. The molecule has 0 aliphatic heterocycles. The van der Waals surface area contributed by atoms with E-state index in [-0.39, 0.29) is 0 Å². The molecule has 0 bridgehead atoms. The maximum Gasteiger partial charge on any atom is 0.0467 e. The molecule has 2 nitrogen and oxygen atoms in total. The number of nitrogen functional groups attached to an aromatic ring is 1. The lowest BCUT2D eigenvalue weighted by molar-refractivity contribution is 0.848. The second kappa shape index (κ2) is 1.90. The molecule has 2 N–H and O–H groups in total. The minimum Gasteiger partial charge on any atom is -0.339 e. The molecule has 0 saturated carbocycles. The molecule has 0 fully saturated rings. The second-order valence-electron chi connectivity index (χ2n) is 2.57. The zero-order valence-electron chi connectivity index (χ0n) is 5.75. The van der Waals surface area contributed by atoms with E-state index >= 15 is 0 Å². The summed E-state index contributed by atoms with van der Waals surface area (Å²) in [5, 5.41) is 0. The van der Waals surface area contributed by atoms with Crippen molar-refractivity contribution in [2.75, 3.05) is 5.84 Å². The largest absolute Gasteiger partial charge is 0.339 e. The van der Waals surface area contributed by atoms with Gasteiger partial charge >= 0.3 is 0 Å². The summed E-state index contributed by atoms with van der Waals surface area (Å²) in [5.74, 6) is 5.64. The fourth-order valence-corrected chi connectivity index (χ4v) is 1.35. The molecule has 0 unspecified atom stereocenters. The van der Waals surface area contributed by atoms with Gasteiger partial charge in [-0.15, -0.1) is 0 Å². The van der Waals surface area contributed by atoms with Crippen molar-refractivity contribution in [1.82, 2.24) is 4.68 Å². The smallest absolute Gasteiger partial charge is 0.0467 e. The summed E-state index contributed by atoms with van der Waals surface area (Å²) in [4.78, 5) is 0. The Kier molecular flexibility index (Phi) is 1.07. The van der Waals surface area contributed by atoms with Gasteiger partial charge in [-0.25, -0.2) is 0 Å². The number of hydrogen-bond acceptors (Lipinski definition) is 1. The first kappa shape index (κ1) is 5.59. The summed E-state index contributed by atoms with van der Waals surface area (Å²) in [7, 11) is 0. The second-order valence-corrected chi connectivity index (χ2v) is 2.57. The summed E-state index contributed by atoms with van der Waals surface area (Å²) >= 11 is 0. The molecule has 1 heterocycles. The van der Waals surface area contributed by atoms with E-state index in [2.05, 4.69) is 12.2 Å². The first-order chi connectivity index (χ1) is 4.88. The van der Waals surface area contributed by atoms with Crippen LogP contribution in [-0.2, 0) is 6.42 Å². The molecule has 1 aromatic rings. The highest BCUT2D eigenvalue weighted by molar-refractivity contribution is 5.54. The number of rotatable bonds is 0. The Bertz CT molecular complexity index is 271. The average Bonchev–Trinajstić information content (AvgIpc) is 2.34. The van der Waals surface area contributed by atoms with E-state index in [1.807, 2.05) is 12.3 Å². The van der Waals surface area contributed by atoms with Crippen LogP contribution in [0.25, 0.3) is 6.08 Å². The Balaban J connectivity index is 2.57. The van der Waals surface area contributed by atoms with Crippen LogP contribution in [0.15, 0.2) is 18.3 Å². The van der Waals surface area contributed by atoms with Crippen molar-refractivity contribution in [2.24, 2.45) is 0 Å². The molecule has 0 saturated heterocycles. The molecule has 0 spiro atoms. The van der Waals surface area contributed by atoms with E-state index < -0.39 is 0 Å². The van der Waals surface area contributed by atoms with Crippen LogP contribution in [0.1, 0.15) is 17.7 Å². The first-order valence-electron chi connectivity index (χ1n) is 3.50. The van der Waals surface area contributed by atoms with Crippen molar-refractivity contribution in [1.29, 1.82) is 0 Å². The minimum atomic E-state index is 1.08. The van der Waals surface area contributed by atoms with Crippen molar-refractivity contribution in [3.8, 4) is 0 Å². The SMILES string of the molecule is Nn1ccc2c1CCC=C2. The highest BCUT2D eigenvalue weighted by atomic mass is 15.3. The number of nitrogens with zero attached hydrogens (tertiary/aromatic N) is 1. The van der Waals surface area contributed by atoms with E-state index in [1.54, 1.807) is 4.68 Å². The topological polar surface area (TPSA) is 30.9 Å². The van der Waals surface area contributed by atoms with Crippen LogP contribution in [0.3, 0.4) is 0 Å². The van der Waals surface area contributed by atoms with Gasteiger partial charge in [0, 0.05) is 11.9 Å². The van der Waals surface area contributed by atoms with Crippen LogP contribution in [-0.4, -0.2) is 4.68 Å². The van der Waals surface area contributed by atoms with E-state index in [0.29, 0.717) is 0 Å². The van der Waals surface area contributed by atoms with Gasteiger partial charge in [0.1, 0.15) is 0 Å². The third kappa shape index (κ3) is 0.652. The molecule has 0 radical (unpaired) electrons. The van der Waals surface area contributed by atoms with Crippen LogP contribution in [0.5, 0.6) is 0 Å². The quantitative estimate of drug-likeness (QED) is 0.530. The fraction of sp³-hybridized carbons (Fsp3) is 0.250. The van der Waals surface area contributed by atoms with Crippen LogP contribution in [0.2, 0.25) is 0 Å². The van der Waals surface area contributed by atoms with Gasteiger partial charge in [-0.2, -0.15) is 0 Å². The molecule has 2 heteroatoms. The van der Waals surface area contributed by atoms with E-state index in [0.717, 1.165) is 12.8 Å². The Morgan fingerprint density at radius 3 is 3.20 bits per heavy atom. The lowest BCUT2D eigenvalue weighted by Crippen LogP contribution is -2.11. The minimum absolute atomic E-state index is 1.08. The summed E-state index contributed by atoms with van der Waals surface area (Å²) in [6, 6.07) is 2.05. The Morgan fingerprint density at radius 2 is 2.40 bits per heavy atom. The van der Waals surface area contributed by atoms with Gasteiger partial charge in [0.2, 0.25) is 0 Å². The lowest BCUT2D eigenvalue weighted by atomic mass is 10.1. The number of aromatic nitrogens is 1. The zero-order chi connectivity index (χ0) is 6.97. The van der Waals surface area contributed by atoms with Crippen molar-refractivity contribution in [2.45, 2.75) is 12.8 Å².